The molecule has 0 bridgehead atoms. The molecule has 2 aromatic rings. The van der Waals surface area contributed by atoms with Crippen molar-refractivity contribution in [3.8, 4) is 5.69 Å². The van der Waals surface area contributed by atoms with Crippen molar-refractivity contribution in [3.05, 3.63) is 47.3 Å². The minimum absolute atomic E-state index is 0.264. The van der Waals surface area contributed by atoms with Crippen molar-refractivity contribution in [2.75, 3.05) is 6.54 Å². The summed E-state index contributed by atoms with van der Waals surface area (Å²) in [4.78, 5) is 12.1. The van der Waals surface area contributed by atoms with Gasteiger partial charge < -0.3 is 5.32 Å². The highest BCUT2D eigenvalue weighted by atomic mass is 19.4. The number of benzene rings is 1. The molecule has 1 amide bonds. The normalized spacial score (nSPS) is 11.8. The fourth-order valence-corrected chi connectivity index (χ4v) is 2.10. The van der Waals surface area contributed by atoms with Crippen molar-refractivity contribution in [1.29, 1.82) is 0 Å². The smallest absolute Gasteiger partial charge is 0.352 e. The molecule has 124 valence electrons. The molecule has 1 aromatic carbocycles. The lowest BCUT2D eigenvalue weighted by molar-refractivity contribution is -0.137. The lowest BCUT2D eigenvalue weighted by Gasteiger charge is -2.10. The first-order valence-corrected chi connectivity index (χ1v) is 7.20. The Hall–Kier alpha value is -2.31. The molecule has 2 rings (SSSR count). The number of aromatic nitrogens is 2. The number of nitrogens with one attached hydrogen (secondary N) is 1. The number of hydrogen-bond donors (Lipinski definition) is 1. The highest BCUT2D eigenvalue weighted by molar-refractivity contribution is 5.95. The molecule has 1 N–H and O–H groups in total. The molecule has 0 aliphatic heterocycles. The lowest BCUT2D eigenvalue weighted by Crippen LogP contribution is -2.27. The van der Waals surface area contributed by atoms with Crippen molar-refractivity contribution in [1.82, 2.24) is 15.1 Å². The van der Waals surface area contributed by atoms with E-state index in [9.17, 15) is 18.0 Å². The van der Waals surface area contributed by atoms with E-state index in [2.05, 4.69) is 10.4 Å². The zero-order valence-corrected chi connectivity index (χ0v) is 13.1. The minimum atomic E-state index is -4.42. The predicted molar refractivity (Wildman–Crippen MR) is 80.5 cm³/mol. The van der Waals surface area contributed by atoms with E-state index in [-0.39, 0.29) is 11.6 Å². The van der Waals surface area contributed by atoms with Crippen LogP contribution in [0, 0.1) is 12.8 Å². The molecule has 0 fully saturated rings. The van der Waals surface area contributed by atoms with E-state index in [0.29, 0.717) is 23.7 Å². The Balaban J connectivity index is 2.31. The monoisotopic (exact) mass is 325 g/mol. The van der Waals surface area contributed by atoms with E-state index in [0.717, 1.165) is 12.1 Å². The van der Waals surface area contributed by atoms with Gasteiger partial charge in [0.15, 0.2) is 0 Å². The number of amides is 1. The number of hydrogen-bond acceptors (Lipinski definition) is 2. The fraction of sp³-hybridized carbons (Fsp3) is 0.375. The molecular formula is C16H18F3N3O. The Morgan fingerprint density at radius 1 is 1.35 bits per heavy atom. The van der Waals surface area contributed by atoms with Gasteiger partial charge in [-0.05, 0) is 31.0 Å². The second-order valence-corrected chi connectivity index (χ2v) is 5.71. The average molecular weight is 325 g/mol. The van der Waals surface area contributed by atoms with Gasteiger partial charge in [-0.1, -0.05) is 19.9 Å². The van der Waals surface area contributed by atoms with Gasteiger partial charge in [-0.2, -0.15) is 18.3 Å². The quantitative estimate of drug-likeness (QED) is 0.934. The molecule has 7 heteroatoms. The van der Waals surface area contributed by atoms with Gasteiger partial charge in [-0.25, -0.2) is 4.68 Å². The summed E-state index contributed by atoms with van der Waals surface area (Å²) in [5.74, 6) is 0.0206. The van der Waals surface area contributed by atoms with E-state index in [1.54, 1.807) is 6.92 Å². The number of rotatable bonds is 4. The van der Waals surface area contributed by atoms with Crippen LogP contribution in [0.2, 0.25) is 0 Å². The predicted octanol–water partition coefficient (Wildman–Crippen LogP) is 3.59. The molecule has 4 nitrogen and oxygen atoms in total. The average Bonchev–Trinajstić information content (AvgIpc) is 2.86. The van der Waals surface area contributed by atoms with E-state index < -0.39 is 11.7 Å². The maximum atomic E-state index is 12.8. The van der Waals surface area contributed by atoms with Gasteiger partial charge in [0.05, 0.1) is 28.7 Å². The van der Waals surface area contributed by atoms with Crippen molar-refractivity contribution in [2.24, 2.45) is 5.92 Å². The molecule has 0 spiro atoms. The van der Waals surface area contributed by atoms with Gasteiger partial charge in [0.2, 0.25) is 0 Å². The first kappa shape index (κ1) is 17.1. The molecular weight excluding hydrogens is 307 g/mol. The van der Waals surface area contributed by atoms with Crippen molar-refractivity contribution in [2.45, 2.75) is 26.9 Å². The van der Waals surface area contributed by atoms with Crippen LogP contribution in [0.3, 0.4) is 0 Å². The molecule has 23 heavy (non-hydrogen) atoms. The molecule has 0 unspecified atom stereocenters. The number of nitrogens with zero attached hydrogens (tertiary/aromatic N) is 2. The van der Waals surface area contributed by atoms with Crippen molar-refractivity contribution < 1.29 is 18.0 Å². The molecule has 0 aliphatic carbocycles. The lowest BCUT2D eigenvalue weighted by atomic mass is 10.2. The van der Waals surface area contributed by atoms with Crippen molar-refractivity contribution in [3.63, 3.8) is 0 Å². The number of carbonyl (C=O) groups excluding carboxylic acids is 1. The van der Waals surface area contributed by atoms with Crippen LogP contribution in [-0.2, 0) is 6.18 Å². The summed E-state index contributed by atoms with van der Waals surface area (Å²) in [6.07, 6.45) is -3.06. The Bertz CT molecular complexity index is 705. The van der Waals surface area contributed by atoms with Gasteiger partial charge in [0.25, 0.3) is 5.91 Å². The summed E-state index contributed by atoms with van der Waals surface area (Å²) in [5.41, 5.74) is 0.351. The summed E-state index contributed by atoms with van der Waals surface area (Å²) in [6, 6.07) is 4.84. The van der Waals surface area contributed by atoms with Crippen LogP contribution < -0.4 is 5.32 Å². The third-order valence-electron chi connectivity index (χ3n) is 3.34. The summed E-state index contributed by atoms with van der Waals surface area (Å²) in [5, 5.41) is 6.81. The number of halogens is 3. The standard InChI is InChI=1S/C16H18F3N3O/c1-10(2)8-20-15(23)14-9-21-22(11(14)3)13-6-4-5-12(7-13)16(17,18)19/h4-7,9-10H,8H2,1-3H3,(H,20,23). The Morgan fingerprint density at radius 2 is 2.04 bits per heavy atom. The van der Waals surface area contributed by atoms with Gasteiger partial charge in [0, 0.05) is 6.54 Å². The highest BCUT2D eigenvalue weighted by Gasteiger charge is 2.30. The van der Waals surface area contributed by atoms with Crippen LogP contribution in [-0.4, -0.2) is 22.2 Å². The van der Waals surface area contributed by atoms with Gasteiger partial charge >= 0.3 is 6.18 Å². The highest BCUT2D eigenvalue weighted by Crippen LogP contribution is 2.30. The molecule has 0 saturated heterocycles. The molecule has 0 saturated carbocycles. The van der Waals surface area contributed by atoms with Crippen molar-refractivity contribution >= 4 is 5.91 Å². The molecule has 0 radical (unpaired) electrons. The molecule has 1 aromatic heterocycles. The summed E-state index contributed by atoms with van der Waals surface area (Å²) < 4.78 is 39.7. The van der Waals surface area contributed by atoms with Crippen LogP contribution in [0.4, 0.5) is 13.2 Å². The number of carbonyl (C=O) groups is 1. The largest absolute Gasteiger partial charge is 0.416 e. The van der Waals surface area contributed by atoms with E-state index in [1.165, 1.54) is 23.0 Å². The zero-order valence-electron chi connectivity index (χ0n) is 13.1. The molecule has 0 aliphatic rings. The van der Waals surface area contributed by atoms with Gasteiger partial charge in [0.1, 0.15) is 0 Å². The molecule has 0 atom stereocenters. The minimum Gasteiger partial charge on any atom is -0.352 e. The Labute approximate surface area is 132 Å². The SMILES string of the molecule is Cc1c(C(=O)NCC(C)C)cnn1-c1cccc(C(F)(F)F)c1. The van der Waals surface area contributed by atoms with E-state index >= 15 is 0 Å². The van der Waals surface area contributed by atoms with Crippen LogP contribution in [0.25, 0.3) is 5.69 Å². The first-order valence-electron chi connectivity index (χ1n) is 7.20. The molecule has 1 heterocycles. The zero-order chi connectivity index (χ0) is 17.2. The summed E-state index contributed by atoms with van der Waals surface area (Å²) in [6.45, 7) is 6.11. The second-order valence-electron chi connectivity index (χ2n) is 5.71. The van der Waals surface area contributed by atoms with Gasteiger partial charge in [-0.15, -0.1) is 0 Å². The fourth-order valence-electron chi connectivity index (χ4n) is 2.10. The topological polar surface area (TPSA) is 46.9 Å². The van der Waals surface area contributed by atoms with Crippen LogP contribution in [0.5, 0.6) is 0 Å². The van der Waals surface area contributed by atoms with E-state index in [1.807, 2.05) is 13.8 Å². The summed E-state index contributed by atoms with van der Waals surface area (Å²) >= 11 is 0. The van der Waals surface area contributed by atoms with E-state index in [4.69, 9.17) is 0 Å². The van der Waals surface area contributed by atoms with Crippen LogP contribution in [0.1, 0.15) is 35.5 Å². The maximum Gasteiger partial charge on any atom is 0.416 e. The van der Waals surface area contributed by atoms with Crippen LogP contribution in [0.15, 0.2) is 30.5 Å². The second kappa shape index (κ2) is 6.44. The number of alkyl halides is 3. The van der Waals surface area contributed by atoms with Gasteiger partial charge in [-0.3, -0.25) is 4.79 Å². The summed E-state index contributed by atoms with van der Waals surface area (Å²) in [7, 11) is 0. The Kier molecular flexibility index (Phi) is 4.77. The maximum absolute atomic E-state index is 12.8. The third-order valence-corrected chi connectivity index (χ3v) is 3.34. The first-order chi connectivity index (χ1) is 10.7. The Morgan fingerprint density at radius 3 is 2.65 bits per heavy atom. The van der Waals surface area contributed by atoms with Crippen LogP contribution >= 0.6 is 0 Å². The third kappa shape index (κ3) is 3.91.